The summed E-state index contributed by atoms with van der Waals surface area (Å²) in [4.78, 5) is 16.8. The lowest BCUT2D eigenvalue weighted by Crippen LogP contribution is -2.31. The second kappa shape index (κ2) is 9.42. The predicted octanol–water partition coefficient (Wildman–Crippen LogP) is 7.24. The van der Waals surface area contributed by atoms with Gasteiger partial charge in [-0.15, -0.1) is 11.6 Å². The third-order valence-electron chi connectivity index (χ3n) is 5.89. The molecule has 1 aliphatic heterocycles. The SMILES string of the molecule is O=C(CCl)N(Cc1ccc(F)cc1)c1ccc(C2c3ccccc3Sc3ccccc32)cc1. The van der Waals surface area contributed by atoms with Gasteiger partial charge in [-0.1, -0.05) is 72.4 Å². The van der Waals surface area contributed by atoms with Gasteiger partial charge in [-0.3, -0.25) is 4.79 Å². The molecule has 0 spiro atoms. The van der Waals surface area contributed by atoms with Crippen molar-refractivity contribution in [3.05, 3.63) is 125 Å². The highest BCUT2D eigenvalue weighted by molar-refractivity contribution is 7.99. The van der Waals surface area contributed by atoms with E-state index in [1.807, 2.05) is 12.1 Å². The molecule has 33 heavy (non-hydrogen) atoms. The molecule has 0 aromatic heterocycles. The molecule has 1 heterocycles. The minimum absolute atomic E-state index is 0.121. The number of nitrogens with zero attached hydrogens (tertiary/aromatic N) is 1. The molecule has 4 aromatic carbocycles. The van der Waals surface area contributed by atoms with E-state index in [-0.39, 0.29) is 23.5 Å². The van der Waals surface area contributed by atoms with Crippen molar-refractivity contribution in [2.45, 2.75) is 22.3 Å². The predicted molar refractivity (Wildman–Crippen MR) is 133 cm³/mol. The lowest BCUT2D eigenvalue weighted by atomic mass is 9.84. The molecule has 0 aliphatic carbocycles. The van der Waals surface area contributed by atoms with Crippen molar-refractivity contribution < 1.29 is 9.18 Å². The van der Waals surface area contributed by atoms with E-state index in [9.17, 15) is 9.18 Å². The van der Waals surface area contributed by atoms with E-state index in [2.05, 4.69) is 60.7 Å². The molecule has 0 fully saturated rings. The van der Waals surface area contributed by atoms with Gasteiger partial charge in [0.15, 0.2) is 0 Å². The molecule has 2 nitrogen and oxygen atoms in total. The van der Waals surface area contributed by atoms with Crippen LogP contribution in [0, 0.1) is 5.82 Å². The quantitative estimate of drug-likeness (QED) is 0.251. The van der Waals surface area contributed by atoms with E-state index >= 15 is 0 Å². The highest BCUT2D eigenvalue weighted by atomic mass is 35.5. The van der Waals surface area contributed by atoms with Gasteiger partial charge in [0.2, 0.25) is 5.91 Å². The molecule has 1 aliphatic rings. The number of amides is 1. The van der Waals surface area contributed by atoms with E-state index in [1.165, 1.54) is 38.6 Å². The largest absolute Gasteiger partial charge is 0.307 e. The van der Waals surface area contributed by atoms with Crippen LogP contribution in [0.4, 0.5) is 10.1 Å². The standard InChI is InChI=1S/C28H21ClFNOS/c29-17-27(32)31(18-19-9-13-21(30)14-10-19)22-15-11-20(12-16-22)28-23-5-1-3-7-25(23)33-26-8-4-2-6-24(26)28/h1-16,28H,17-18H2. The molecule has 0 N–H and O–H groups in total. The first kappa shape index (κ1) is 21.7. The molecule has 0 radical (unpaired) electrons. The molecule has 0 bridgehead atoms. The Morgan fingerprint density at radius 2 is 1.39 bits per heavy atom. The second-order valence-electron chi connectivity index (χ2n) is 7.94. The minimum Gasteiger partial charge on any atom is -0.307 e. The van der Waals surface area contributed by atoms with Gasteiger partial charge in [0, 0.05) is 21.4 Å². The Morgan fingerprint density at radius 3 is 1.97 bits per heavy atom. The number of alkyl halides is 1. The molecule has 0 saturated carbocycles. The fraction of sp³-hybridized carbons (Fsp3) is 0.107. The number of benzene rings is 4. The molecule has 5 rings (SSSR count). The van der Waals surface area contributed by atoms with Gasteiger partial charge in [-0.2, -0.15) is 0 Å². The first-order valence-electron chi connectivity index (χ1n) is 10.7. The number of rotatable bonds is 5. The third-order valence-corrected chi connectivity index (χ3v) is 7.30. The second-order valence-corrected chi connectivity index (χ2v) is 9.29. The number of fused-ring (bicyclic) bond motifs is 2. The maximum Gasteiger partial charge on any atom is 0.242 e. The first-order valence-corrected chi connectivity index (χ1v) is 12.1. The van der Waals surface area contributed by atoms with Crippen LogP contribution in [0.2, 0.25) is 0 Å². The van der Waals surface area contributed by atoms with Crippen LogP contribution in [0.5, 0.6) is 0 Å². The highest BCUT2D eigenvalue weighted by Gasteiger charge is 2.27. The average Bonchev–Trinajstić information content (AvgIpc) is 2.86. The summed E-state index contributed by atoms with van der Waals surface area (Å²) in [6.07, 6.45) is 0. The fourth-order valence-electron chi connectivity index (χ4n) is 4.28. The van der Waals surface area contributed by atoms with E-state index in [1.54, 1.807) is 28.8 Å². The topological polar surface area (TPSA) is 20.3 Å². The van der Waals surface area contributed by atoms with Crippen LogP contribution >= 0.6 is 23.4 Å². The summed E-state index contributed by atoms with van der Waals surface area (Å²) < 4.78 is 13.3. The molecule has 1 amide bonds. The van der Waals surface area contributed by atoms with Crippen LogP contribution in [-0.4, -0.2) is 11.8 Å². The smallest absolute Gasteiger partial charge is 0.242 e. The summed E-state index contributed by atoms with van der Waals surface area (Å²) >= 11 is 7.70. The van der Waals surface area contributed by atoms with Crippen molar-refractivity contribution in [2.75, 3.05) is 10.8 Å². The van der Waals surface area contributed by atoms with Gasteiger partial charge in [-0.05, 0) is 58.7 Å². The van der Waals surface area contributed by atoms with Crippen molar-refractivity contribution >= 4 is 35.0 Å². The Morgan fingerprint density at radius 1 is 0.818 bits per heavy atom. The highest BCUT2D eigenvalue weighted by Crippen LogP contribution is 2.48. The van der Waals surface area contributed by atoms with Crippen molar-refractivity contribution in [3.63, 3.8) is 0 Å². The lowest BCUT2D eigenvalue weighted by Gasteiger charge is -2.29. The maximum absolute atomic E-state index is 13.3. The monoisotopic (exact) mass is 473 g/mol. The van der Waals surface area contributed by atoms with Crippen LogP contribution in [0.1, 0.15) is 28.2 Å². The summed E-state index contributed by atoms with van der Waals surface area (Å²) in [6, 6.07) is 31.3. The number of carbonyl (C=O) groups is 1. The normalized spacial score (nSPS) is 12.7. The van der Waals surface area contributed by atoms with Crippen molar-refractivity contribution in [2.24, 2.45) is 0 Å². The minimum atomic E-state index is -0.301. The Hall–Kier alpha value is -3.08. The van der Waals surface area contributed by atoms with E-state index in [0.29, 0.717) is 6.54 Å². The molecule has 164 valence electrons. The summed E-state index contributed by atoms with van der Waals surface area (Å²) in [5.74, 6) is -0.492. The number of anilines is 1. The zero-order valence-electron chi connectivity index (χ0n) is 17.7. The molecule has 0 unspecified atom stereocenters. The fourth-order valence-corrected chi connectivity index (χ4v) is 5.57. The summed E-state index contributed by atoms with van der Waals surface area (Å²) in [7, 11) is 0. The number of hydrogen-bond acceptors (Lipinski definition) is 2. The summed E-state index contributed by atoms with van der Waals surface area (Å²) in [5.41, 5.74) is 5.34. The van der Waals surface area contributed by atoms with E-state index in [0.717, 1.165) is 11.3 Å². The number of carbonyl (C=O) groups excluding carboxylic acids is 1. The Labute approximate surface area is 202 Å². The zero-order valence-corrected chi connectivity index (χ0v) is 19.3. The lowest BCUT2D eigenvalue weighted by molar-refractivity contribution is -0.116. The van der Waals surface area contributed by atoms with Gasteiger partial charge in [0.25, 0.3) is 0 Å². The van der Waals surface area contributed by atoms with Crippen LogP contribution in [0.25, 0.3) is 0 Å². The molecular weight excluding hydrogens is 453 g/mol. The summed E-state index contributed by atoms with van der Waals surface area (Å²) in [5, 5.41) is 0. The van der Waals surface area contributed by atoms with Gasteiger partial charge in [0.1, 0.15) is 11.7 Å². The summed E-state index contributed by atoms with van der Waals surface area (Å²) in [6.45, 7) is 0.330. The van der Waals surface area contributed by atoms with E-state index < -0.39 is 0 Å². The maximum atomic E-state index is 13.3. The third kappa shape index (κ3) is 4.41. The zero-order chi connectivity index (χ0) is 22.8. The molecule has 5 heteroatoms. The van der Waals surface area contributed by atoms with Gasteiger partial charge < -0.3 is 4.90 Å². The van der Waals surface area contributed by atoms with Crippen molar-refractivity contribution in [3.8, 4) is 0 Å². The van der Waals surface area contributed by atoms with Crippen LogP contribution in [0.3, 0.4) is 0 Å². The Balaban J connectivity index is 1.50. The number of hydrogen-bond donors (Lipinski definition) is 0. The van der Waals surface area contributed by atoms with Crippen LogP contribution in [0.15, 0.2) is 107 Å². The van der Waals surface area contributed by atoms with Crippen LogP contribution in [-0.2, 0) is 11.3 Å². The van der Waals surface area contributed by atoms with Crippen molar-refractivity contribution in [1.82, 2.24) is 0 Å². The van der Waals surface area contributed by atoms with Crippen LogP contribution < -0.4 is 4.90 Å². The number of halogens is 2. The van der Waals surface area contributed by atoms with Gasteiger partial charge in [-0.25, -0.2) is 4.39 Å². The molecule has 4 aromatic rings. The molecular formula is C28H21ClFNOS. The first-order chi connectivity index (χ1) is 16.1. The van der Waals surface area contributed by atoms with Gasteiger partial charge in [0.05, 0.1) is 6.54 Å². The van der Waals surface area contributed by atoms with Crippen molar-refractivity contribution in [1.29, 1.82) is 0 Å². The van der Waals surface area contributed by atoms with Gasteiger partial charge >= 0.3 is 0 Å². The average molecular weight is 474 g/mol. The molecule has 0 atom stereocenters. The molecule has 0 saturated heterocycles. The Kier molecular flexibility index (Phi) is 6.21. The van der Waals surface area contributed by atoms with E-state index in [4.69, 9.17) is 11.6 Å². The Bertz CT molecular complexity index is 1240.